The Bertz CT molecular complexity index is 810. The smallest absolute Gasteiger partial charge is 0.344 e. The molecule has 0 radical (unpaired) electrons. The second-order valence-electron chi connectivity index (χ2n) is 5.29. The maximum Gasteiger partial charge on any atom is 0.344 e. The van der Waals surface area contributed by atoms with Gasteiger partial charge in [-0.15, -0.1) is 0 Å². The molecule has 0 aromatic heterocycles. The van der Waals surface area contributed by atoms with Crippen molar-refractivity contribution in [2.24, 2.45) is 5.73 Å². The first-order valence-electron chi connectivity index (χ1n) is 7.64. The largest absolute Gasteiger partial charge is 0.480 e. The van der Waals surface area contributed by atoms with Gasteiger partial charge in [-0.1, -0.05) is 48.0 Å². The van der Waals surface area contributed by atoms with Gasteiger partial charge in [0.15, 0.2) is 12.7 Å². The van der Waals surface area contributed by atoms with E-state index in [2.05, 4.69) is 0 Å². The van der Waals surface area contributed by atoms with Gasteiger partial charge in [0.25, 0.3) is 5.91 Å². The van der Waals surface area contributed by atoms with Gasteiger partial charge >= 0.3 is 12.0 Å². The van der Waals surface area contributed by atoms with E-state index in [-0.39, 0.29) is 0 Å². The highest BCUT2D eigenvalue weighted by atomic mass is 35.5. The predicted octanol–water partition coefficient (Wildman–Crippen LogP) is 2.51. The molecule has 0 fully saturated rings. The molecule has 0 bridgehead atoms. The standard InChI is InChI=1S/C18H17ClN2O5/c1-11(17(23)21-18(20)24)26-16(22)10-25-15-8-7-13(9-14(15)19)12-5-3-2-4-6-12/h2-9,11H,10H2,1H3,(H3,20,21,23,24)/t11-/m0/s1. The van der Waals surface area contributed by atoms with Crippen molar-refractivity contribution in [3.8, 4) is 16.9 Å². The van der Waals surface area contributed by atoms with E-state index in [1.807, 2.05) is 41.7 Å². The van der Waals surface area contributed by atoms with E-state index in [1.54, 1.807) is 12.1 Å². The number of benzene rings is 2. The molecule has 0 heterocycles. The average molecular weight is 377 g/mol. The molecule has 136 valence electrons. The van der Waals surface area contributed by atoms with Crippen molar-refractivity contribution in [3.63, 3.8) is 0 Å². The monoisotopic (exact) mass is 376 g/mol. The van der Waals surface area contributed by atoms with Crippen molar-refractivity contribution in [2.45, 2.75) is 13.0 Å². The quantitative estimate of drug-likeness (QED) is 0.753. The lowest BCUT2D eigenvalue weighted by Gasteiger charge is -2.13. The molecule has 0 unspecified atom stereocenters. The molecule has 0 aliphatic carbocycles. The highest BCUT2D eigenvalue weighted by molar-refractivity contribution is 6.32. The van der Waals surface area contributed by atoms with Crippen LogP contribution in [-0.2, 0) is 14.3 Å². The topological polar surface area (TPSA) is 108 Å². The molecule has 0 aliphatic rings. The number of carbonyl (C=O) groups excluding carboxylic acids is 3. The number of halogens is 1. The summed E-state index contributed by atoms with van der Waals surface area (Å²) >= 11 is 6.18. The molecule has 2 aromatic carbocycles. The summed E-state index contributed by atoms with van der Waals surface area (Å²) < 4.78 is 10.2. The van der Waals surface area contributed by atoms with Crippen molar-refractivity contribution >= 4 is 29.5 Å². The van der Waals surface area contributed by atoms with Gasteiger partial charge in [0, 0.05) is 0 Å². The highest BCUT2D eigenvalue weighted by Gasteiger charge is 2.19. The number of hydrogen-bond acceptors (Lipinski definition) is 5. The number of hydrogen-bond donors (Lipinski definition) is 2. The fraction of sp³-hybridized carbons (Fsp3) is 0.167. The Morgan fingerprint density at radius 3 is 2.42 bits per heavy atom. The molecule has 2 aromatic rings. The summed E-state index contributed by atoms with van der Waals surface area (Å²) in [5.41, 5.74) is 6.72. The Balaban J connectivity index is 1.92. The fourth-order valence-corrected chi connectivity index (χ4v) is 2.31. The number of nitrogens with two attached hydrogens (primary N) is 1. The average Bonchev–Trinajstić information content (AvgIpc) is 2.60. The molecular formula is C18H17ClN2O5. The maximum absolute atomic E-state index is 11.7. The van der Waals surface area contributed by atoms with E-state index in [0.717, 1.165) is 11.1 Å². The van der Waals surface area contributed by atoms with E-state index in [4.69, 9.17) is 26.8 Å². The number of nitrogens with one attached hydrogen (secondary N) is 1. The lowest BCUT2D eigenvalue weighted by molar-refractivity contribution is -0.156. The zero-order valence-electron chi connectivity index (χ0n) is 13.9. The molecule has 0 saturated heterocycles. The normalized spacial score (nSPS) is 11.3. The van der Waals surface area contributed by atoms with Crippen molar-refractivity contribution in [1.82, 2.24) is 5.32 Å². The van der Waals surface area contributed by atoms with Gasteiger partial charge < -0.3 is 15.2 Å². The Hall–Kier alpha value is -3.06. The summed E-state index contributed by atoms with van der Waals surface area (Å²) in [5, 5.41) is 2.15. The van der Waals surface area contributed by atoms with E-state index >= 15 is 0 Å². The van der Waals surface area contributed by atoms with Crippen LogP contribution in [-0.4, -0.2) is 30.6 Å². The number of carbonyl (C=O) groups is 3. The first-order chi connectivity index (χ1) is 12.4. The Morgan fingerprint density at radius 2 is 1.81 bits per heavy atom. The highest BCUT2D eigenvalue weighted by Crippen LogP contribution is 2.30. The molecule has 26 heavy (non-hydrogen) atoms. The number of primary amides is 1. The molecule has 3 N–H and O–H groups in total. The summed E-state index contributed by atoms with van der Waals surface area (Å²) in [6, 6.07) is 13.8. The third kappa shape index (κ3) is 5.49. The first-order valence-corrected chi connectivity index (χ1v) is 8.02. The van der Waals surface area contributed by atoms with E-state index in [9.17, 15) is 14.4 Å². The SMILES string of the molecule is C[C@H](OC(=O)COc1ccc(-c2ccccc2)cc1Cl)C(=O)NC(N)=O. The lowest BCUT2D eigenvalue weighted by atomic mass is 10.1. The zero-order chi connectivity index (χ0) is 19.1. The van der Waals surface area contributed by atoms with E-state index in [1.165, 1.54) is 6.92 Å². The second kappa shape index (κ2) is 8.87. The summed E-state index contributed by atoms with van der Waals surface area (Å²) in [7, 11) is 0. The lowest BCUT2D eigenvalue weighted by Crippen LogP contribution is -2.42. The van der Waals surface area contributed by atoms with Crippen LogP contribution < -0.4 is 15.8 Å². The van der Waals surface area contributed by atoms with Crippen LogP contribution in [0, 0.1) is 0 Å². The van der Waals surface area contributed by atoms with Gasteiger partial charge in [-0.2, -0.15) is 0 Å². The molecule has 1 atom stereocenters. The van der Waals surface area contributed by atoms with Gasteiger partial charge in [0.1, 0.15) is 5.75 Å². The van der Waals surface area contributed by atoms with Gasteiger partial charge in [0.2, 0.25) is 0 Å². The van der Waals surface area contributed by atoms with Crippen LogP contribution >= 0.6 is 11.6 Å². The van der Waals surface area contributed by atoms with Crippen LogP contribution in [0.2, 0.25) is 5.02 Å². The molecule has 7 nitrogen and oxygen atoms in total. The van der Waals surface area contributed by atoms with Gasteiger partial charge in [-0.3, -0.25) is 10.1 Å². The Kier molecular flexibility index (Phi) is 6.57. The van der Waals surface area contributed by atoms with Crippen LogP contribution in [0.4, 0.5) is 4.79 Å². The number of imide groups is 1. The Morgan fingerprint density at radius 1 is 1.12 bits per heavy atom. The summed E-state index contributed by atoms with van der Waals surface area (Å²) in [4.78, 5) is 33.8. The molecule has 3 amide bonds. The maximum atomic E-state index is 11.7. The summed E-state index contributed by atoms with van der Waals surface area (Å²) in [6.07, 6.45) is -1.19. The first kappa shape index (κ1) is 19.3. The van der Waals surface area contributed by atoms with Crippen molar-refractivity contribution in [3.05, 3.63) is 53.6 Å². The van der Waals surface area contributed by atoms with Crippen LogP contribution in [0.15, 0.2) is 48.5 Å². The number of amides is 3. The zero-order valence-corrected chi connectivity index (χ0v) is 14.7. The number of rotatable bonds is 6. The molecule has 0 saturated carbocycles. The predicted molar refractivity (Wildman–Crippen MR) is 95.7 cm³/mol. The van der Waals surface area contributed by atoms with Gasteiger partial charge in [-0.05, 0) is 30.2 Å². The third-order valence-corrected chi connectivity index (χ3v) is 3.60. The third-order valence-electron chi connectivity index (χ3n) is 3.31. The molecular weight excluding hydrogens is 360 g/mol. The second-order valence-corrected chi connectivity index (χ2v) is 5.69. The number of esters is 1. The van der Waals surface area contributed by atoms with Crippen LogP contribution in [0.25, 0.3) is 11.1 Å². The van der Waals surface area contributed by atoms with E-state index in [0.29, 0.717) is 10.8 Å². The minimum atomic E-state index is -1.19. The van der Waals surface area contributed by atoms with Crippen LogP contribution in [0.3, 0.4) is 0 Å². The van der Waals surface area contributed by atoms with Crippen molar-refractivity contribution in [1.29, 1.82) is 0 Å². The Labute approximate surface area is 155 Å². The van der Waals surface area contributed by atoms with Crippen molar-refractivity contribution in [2.75, 3.05) is 6.61 Å². The number of urea groups is 1. The summed E-state index contributed by atoms with van der Waals surface area (Å²) in [5.74, 6) is -1.31. The fourth-order valence-electron chi connectivity index (χ4n) is 2.07. The molecule has 8 heteroatoms. The number of ether oxygens (including phenoxy) is 2. The van der Waals surface area contributed by atoms with Crippen LogP contribution in [0.5, 0.6) is 5.75 Å². The van der Waals surface area contributed by atoms with Gasteiger partial charge in [-0.25, -0.2) is 9.59 Å². The van der Waals surface area contributed by atoms with Crippen molar-refractivity contribution < 1.29 is 23.9 Å². The molecule has 2 rings (SSSR count). The van der Waals surface area contributed by atoms with E-state index < -0.39 is 30.6 Å². The minimum Gasteiger partial charge on any atom is -0.480 e. The summed E-state index contributed by atoms with van der Waals surface area (Å²) in [6.45, 7) is 0.858. The molecule has 0 spiro atoms. The van der Waals surface area contributed by atoms with Gasteiger partial charge in [0.05, 0.1) is 5.02 Å². The minimum absolute atomic E-state index is 0.303. The van der Waals surface area contributed by atoms with Crippen LogP contribution in [0.1, 0.15) is 6.92 Å². The molecule has 0 aliphatic heterocycles.